The van der Waals surface area contributed by atoms with Gasteiger partial charge in [0.15, 0.2) is 11.5 Å². The highest BCUT2D eigenvalue weighted by molar-refractivity contribution is 5.76. The number of carbonyl (C=O) groups excluding carboxylic acids is 1. The Morgan fingerprint density at radius 2 is 1.91 bits per heavy atom. The van der Waals surface area contributed by atoms with Crippen molar-refractivity contribution < 1.29 is 39.4 Å². The summed E-state index contributed by atoms with van der Waals surface area (Å²) in [4.78, 5) is 10.7. The van der Waals surface area contributed by atoms with Crippen molar-refractivity contribution >= 4 is 6.29 Å². The number of aliphatic hydroxyl groups is 4. The second kappa shape index (κ2) is 7.03. The van der Waals surface area contributed by atoms with Gasteiger partial charge in [-0.05, 0) is 18.2 Å². The van der Waals surface area contributed by atoms with Crippen LogP contribution >= 0.6 is 0 Å². The van der Waals surface area contributed by atoms with E-state index < -0.39 is 37.3 Å². The summed E-state index contributed by atoms with van der Waals surface area (Å²) < 4.78 is 15.8. The van der Waals surface area contributed by atoms with Crippen LogP contribution in [-0.2, 0) is 4.74 Å². The van der Waals surface area contributed by atoms with E-state index in [1.165, 1.54) is 25.3 Å². The van der Waals surface area contributed by atoms with Crippen LogP contribution in [0.15, 0.2) is 18.2 Å². The van der Waals surface area contributed by atoms with Gasteiger partial charge in [-0.25, -0.2) is 0 Å². The highest BCUT2D eigenvalue weighted by Crippen LogP contribution is 2.31. The number of ether oxygens (including phenoxy) is 3. The molecule has 1 aromatic carbocycles. The highest BCUT2D eigenvalue weighted by Gasteiger charge is 2.44. The Labute approximate surface area is 126 Å². The van der Waals surface area contributed by atoms with Crippen molar-refractivity contribution in [2.45, 2.75) is 30.7 Å². The van der Waals surface area contributed by atoms with Crippen LogP contribution in [-0.4, -0.2) is 71.1 Å². The number of carbonyl (C=O) groups is 1. The van der Waals surface area contributed by atoms with Crippen LogP contribution in [0.25, 0.3) is 0 Å². The molecule has 0 aromatic heterocycles. The van der Waals surface area contributed by atoms with E-state index in [1.54, 1.807) is 0 Å². The molecule has 8 heteroatoms. The first-order valence-electron chi connectivity index (χ1n) is 6.62. The minimum atomic E-state index is -1.53. The summed E-state index contributed by atoms with van der Waals surface area (Å²) >= 11 is 0. The third-order valence-electron chi connectivity index (χ3n) is 3.42. The Morgan fingerprint density at radius 3 is 2.50 bits per heavy atom. The number of methoxy groups -OCH3 is 1. The molecule has 1 fully saturated rings. The maximum atomic E-state index is 10.7. The third kappa shape index (κ3) is 3.21. The summed E-state index contributed by atoms with van der Waals surface area (Å²) in [5.74, 6) is 0.416. The molecule has 4 unspecified atom stereocenters. The fourth-order valence-electron chi connectivity index (χ4n) is 2.14. The van der Waals surface area contributed by atoms with E-state index in [-0.39, 0.29) is 11.5 Å². The number of hydrogen-bond acceptors (Lipinski definition) is 8. The fourth-order valence-corrected chi connectivity index (χ4v) is 2.14. The van der Waals surface area contributed by atoms with Gasteiger partial charge in [0.25, 0.3) is 0 Å². The number of hydrogen-bond donors (Lipinski definition) is 4. The van der Waals surface area contributed by atoms with Gasteiger partial charge in [0.05, 0.1) is 13.7 Å². The zero-order valence-electron chi connectivity index (χ0n) is 11.8. The van der Waals surface area contributed by atoms with E-state index in [2.05, 4.69) is 0 Å². The largest absolute Gasteiger partial charge is 0.493 e. The topological polar surface area (TPSA) is 126 Å². The highest BCUT2D eigenvalue weighted by atomic mass is 16.7. The van der Waals surface area contributed by atoms with Gasteiger partial charge >= 0.3 is 0 Å². The molecule has 1 aliphatic heterocycles. The Kier molecular flexibility index (Phi) is 5.33. The lowest BCUT2D eigenvalue weighted by atomic mass is 9.99. The van der Waals surface area contributed by atoms with E-state index in [0.717, 1.165) is 0 Å². The molecular weight excluding hydrogens is 296 g/mol. The third-order valence-corrected chi connectivity index (χ3v) is 3.42. The van der Waals surface area contributed by atoms with Crippen molar-refractivity contribution in [2.24, 2.45) is 0 Å². The quantitative estimate of drug-likeness (QED) is 0.493. The Hall–Kier alpha value is -1.71. The zero-order valence-corrected chi connectivity index (χ0v) is 11.8. The lowest BCUT2D eigenvalue weighted by Gasteiger charge is -2.39. The predicted molar refractivity (Wildman–Crippen MR) is 72.8 cm³/mol. The SMILES string of the molecule is COc1cc(C=O)ccc1OC1OC(CO)C(O)[C@H](O)C1O. The van der Waals surface area contributed by atoms with Crippen LogP contribution in [0.5, 0.6) is 11.5 Å². The average molecular weight is 314 g/mol. The summed E-state index contributed by atoms with van der Waals surface area (Å²) in [6.45, 7) is -0.550. The lowest BCUT2D eigenvalue weighted by Crippen LogP contribution is -2.60. The van der Waals surface area contributed by atoms with Crippen molar-refractivity contribution in [3.63, 3.8) is 0 Å². The first-order chi connectivity index (χ1) is 10.5. The summed E-state index contributed by atoms with van der Waals surface area (Å²) in [6.07, 6.45) is -6.25. The molecule has 1 saturated heterocycles. The van der Waals surface area contributed by atoms with Gasteiger partial charge in [-0.1, -0.05) is 0 Å². The predicted octanol–water partition coefficient (Wildman–Crippen LogP) is -1.31. The molecule has 0 spiro atoms. The first kappa shape index (κ1) is 16.7. The number of aldehydes is 1. The number of rotatable bonds is 5. The monoisotopic (exact) mass is 314 g/mol. The van der Waals surface area contributed by atoms with Crippen molar-refractivity contribution in [3.05, 3.63) is 23.8 Å². The molecule has 1 heterocycles. The molecule has 22 heavy (non-hydrogen) atoms. The molecule has 0 bridgehead atoms. The van der Waals surface area contributed by atoms with Gasteiger partial charge in [-0.3, -0.25) is 4.79 Å². The molecule has 2 rings (SSSR count). The van der Waals surface area contributed by atoms with Crippen molar-refractivity contribution in [1.82, 2.24) is 0 Å². The minimum Gasteiger partial charge on any atom is -0.493 e. The van der Waals surface area contributed by atoms with Gasteiger partial charge in [-0.2, -0.15) is 0 Å². The van der Waals surface area contributed by atoms with E-state index in [0.29, 0.717) is 11.8 Å². The number of benzene rings is 1. The van der Waals surface area contributed by atoms with Gasteiger partial charge in [-0.15, -0.1) is 0 Å². The van der Waals surface area contributed by atoms with Crippen LogP contribution in [0.3, 0.4) is 0 Å². The molecule has 122 valence electrons. The smallest absolute Gasteiger partial charge is 0.229 e. The zero-order chi connectivity index (χ0) is 16.3. The summed E-state index contributed by atoms with van der Waals surface area (Å²) in [6, 6.07) is 4.37. The maximum absolute atomic E-state index is 10.7. The van der Waals surface area contributed by atoms with Gasteiger partial charge in [0, 0.05) is 5.56 Å². The van der Waals surface area contributed by atoms with Crippen LogP contribution in [0.1, 0.15) is 10.4 Å². The molecule has 0 aliphatic carbocycles. The first-order valence-corrected chi connectivity index (χ1v) is 6.62. The molecule has 0 saturated carbocycles. The van der Waals surface area contributed by atoms with E-state index in [4.69, 9.17) is 19.3 Å². The summed E-state index contributed by atoms with van der Waals surface area (Å²) in [7, 11) is 1.38. The van der Waals surface area contributed by atoms with Crippen LogP contribution in [0, 0.1) is 0 Å². The standard InChI is InChI=1S/C14H18O8/c1-20-9-4-7(5-15)2-3-8(9)21-14-13(19)12(18)11(17)10(6-16)22-14/h2-5,10-14,16-19H,6H2,1H3/t10?,11?,12-,13?,14?/m0/s1. The van der Waals surface area contributed by atoms with E-state index >= 15 is 0 Å². The van der Waals surface area contributed by atoms with Gasteiger partial charge in [0.2, 0.25) is 6.29 Å². The van der Waals surface area contributed by atoms with Crippen molar-refractivity contribution in [2.75, 3.05) is 13.7 Å². The second-order valence-corrected chi connectivity index (χ2v) is 4.84. The summed E-state index contributed by atoms with van der Waals surface area (Å²) in [5, 5.41) is 38.4. The lowest BCUT2D eigenvalue weighted by molar-refractivity contribution is -0.277. The Balaban J connectivity index is 2.20. The molecule has 4 N–H and O–H groups in total. The Morgan fingerprint density at radius 1 is 1.18 bits per heavy atom. The van der Waals surface area contributed by atoms with Crippen molar-refractivity contribution in [1.29, 1.82) is 0 Å². The van der Waals surface area contributed by atoms with Crippen LogP contribution in [0.4, 0.5) is 0 Å². The van der Waals surface area contributed by atoms with E-state index in [9.17, 15) is 20.1 Å². The minimum absolute atomic E-state index is 0.178. The van der Waals surface area contributed by atoms with Crippen LogP contribution < -0.4 is 9.47 Å². The average Bonchev–Trinajstić information content (AvgIpc) is 2.55. The number of aliphatic hydroxyl groups excluding tert-OH is 4. The fraction of sp³-hybridized carbons (Fsp3) is 0.500. The van der Waals surface area contributed by atoms with Crippen molar-refractivity contribution in [3.8, 4) is 11.5 Å². The maximum Gasteiger partial charge on any atom is 0.229 e. The molecule has 0 amide bonds. The molecule has 1 aliphatic rings. The summed E-state index contributed by atoms with van der Waals surface area (Å²) in [5.41, 5.74) is 0.373. The second-order valence-electron chi connectivity index (χ2n) is 4.84. The molecule has 0 radical (unpaired) electrons. The Bertz CT molecular complexity index is 518. The van der Waals surface area contributed by atoms with Crippen LogP contribution in [0.2, 0.25) is 0 Å². The van der Waals surface area contributed by atoms with Gasteiger partial charge in [0.1, 0.15) is 30.7 Å². The molecule has 8 nitrogen and oxygen atoms in total. The van der Waals surface area contributed by atoms with Gasteiger partial charge < -0.3 is 34.6 Å². The molecule has 5 atom stereocenters. The molecular formula is C14H18O8. The molecule has 1 aromatic rings. The normalized spacial score (nSPS) is 31.6. The van der Waals surface area contributed by atoms with E-state index in [1.807, 2.05) is 0 Å².